The maximum atomic E-state index is 12.0. The molecule has 0 spiro atoms. The Morgan fingerprint density at radius 1 is 1.39 bits per heavy atom. The molecule has 1 fully saturated rings. The first-order valence-electron chi connectivity index (χ1n) is 6.34. The average Bonchev–Trinajstić information content (AvgIpc) is 2.82. The van der Waals surface area contributed by atoms with Crippen molar-refractivity contribution in [2.45, 2.75) is 25.9 Å². The molecule has 0 radical (unpaired) electrons. The van der Waals surface area contributed by atoms with Gasteiger partial charge >= 0.3 is 5.97 Å². The minimum absolute atomic E-state index is 0.0494. The molecule has 98 valence electrons. The highest BCUT2D eigenvalue weighted by Gasteiger charge is 2.18. The van der Waals surface area contributed by atoms with Gasteiger partial charge < -0.3 is 4.74 Å². The first kappa shape index (κ1) is 13.8. The highest BCUT2D eigenvalue weighted by Crippen LogP contribution is 2.14. The molecule has 1 aliphatic heterocycles. The van der Waals surface area contributed by atoms with Crippen LogP contribution in [0.25, 0.3) is 0 Å². The summed E-state index contributed by atoms with van der Waals surface area (Å²) < 4.78 is 6.43. The van der Waals surface area contributed by atoms with Gasteiger partial charge in [-0.15, -0.1) is 0 Å². The molecule has 0 bridgehead atoms. The van der Waals surface area contributed by atoms with Gasteiger partial charge in [0, 0.05) is 10.1 Å². The molecular weight excluding hydrogens is 341 g/mol. The lowest BCUT2D eigenvalue weighted by Crippen LogP contribution is -2.31. The van der Waals surface area contributed by atoms with E-state index in [0.29, 0.717) is 5.56 Å². The largest absolute Gasteiger partial charge is 0.458 e. The van der Waals surface area contributed by atoms with Gasteiger partial charge in [-0.2, -0.15) is 0 Å². The fraction of sp³-hybridized carbons (Fsp3) is 0.500. The van der Waals surface area contributed by atoms with Gasteiger partial charge in [-0.3, -0.25) is 4.90 Å². The third kappa shape index (κ3) is 3.68. The molecule has 1 aromatic carbocycles. The van der Waals surface area contributed by atoms with Gasteiger partial charge in [0.05, 0.1) is 5.56 Å². The first-order chi connectivity index (χ1) is 8.66. The summed E-state index contributed by atoms with van der Waals surface area (Å²) in [5, 5.41) is 0. The third-order valence-electron chi connectivity index (χ3n) is 3.12. The van der Waals surface area contributed by atoms with Crippen molar-refractivity contribution in [3.8, 4) is 0 Å². The zero-order valence-electron chi connectivity index (χ0n) is 10.6. The number of hydrogen-bond donors (Lipinski definition) is 0. The number of rotatable bonds is 4. The Bertz CT molecular complexity index is 416. The predicted molar refractivity (Wildman–Crippen MR) is 79.7 cm³/mol. The second kappa shape index (κ2) is 6.52. The molecule has 1 saturated heterocycles. The number of halogens is 1. The van der Waals surface area contributed by atoms with Crippen molar-refractivity contribution < 1.29 is 9.53 Å². The van der Waals surface area contributed by atoms with E-state index in [2.05, 4.69) is 27.5 Å². The fourth-order valence-corrected chi connectivity index (χ4v) is 2.85. The van der Waals surface area contributed by atoms with Gasteiger partial charge in [-0.1, -0.05) is 12.1 Å². The summed E-state index contributed by atoms with van der Waals surface area (Å²) in [7, 11) is 0. The van der Waals surface area contributed by atoms with Crippen molar-refractivity contribution in [1.82, 2.24) is 4.90 Å². The molecule has 0 amide bonds. The van der Waals surface area contributed by atoms with Crippen molar-refractivity contribution in [3.63, 3.8) is 0 Å². The van der Waals surface area contributed by atoms with Crippen LogP contribution in [-0.2, 0) is 4.74 Å². The molecule has 1 aromatic rings. The minimum Gasteiger partial charge on any atom is -0.458 e. The lowest BCUT2D eigenvalue weighted by molar-refractivity contribution is 0.0270. The summed E-state index contributed by atoms with van der Waals surface area (Å²) in [6.45, 7) is 5.07. The number of carbonyl (C=O) groups excluding carboxylic acids is 1. The van der Waals surface area contributed by atoms with E-state index in [1.165, 1.54) is 12.8 Å². The van der Waals surface area contributed by atoms with Crippen LogP contribution in [0.4, 0.5) is 0 Å². The summed E-state index contributed by atoms with van der Waals surface area (Å²) in [5.74, 6) is -0.216. The Hall–Kier alpha value is -0.620. The van der Waals surface area contributed by atoms with E-state index in [1.54, 1.807) is 0 Å². The van der Waals surface area contributed by atoms with E-state index in [4.69, 9.17) is 4.74 Å². The van der Waals surface area contributed by atoms with E-state index in [-0.39, 0.29) is 12.1 Å². The van der Waals surface area contributed by atoms with Gasteiger partial charge in [0.1, 0.15) is 6.10 Å². The number of carbonyl (C=O) groups is 1. The molecular formula is C14H18INO2. The van der Waals surface area contributed by atoms with Crippen molar-refractivity contribution in [2.24, 2.45) is 0 Å². The number of benzene rings is 1. The lowest BCUT2D eigenvalue weighted by Gasteiger charge is -2.20. The second-order valence-corrected chi connectivity index (χ2v) is 5.87. The average molecular weight is 359 g/mol. The third-order valence-corrected chi connectivity index (χ3v) is 4.06. The normalized spacial score (nSPS) is 17.7. The molecule has 0 saturated carbocycles. The summed E-state index contributed by atoms with van der Waals surface area (Å²) in [6.07, 6.45) is 2.47. The van der Waals surface area contributed by atoms with Gasteiger partial charge in [0.2, 0.25) is 0 Å². The fourth-order valence-electron chi connectivity index (χ4n) is 2.24. The molecule has 1 heterocycles. The Kier molecular flexibility index (Phi) is 5.00. The van der Waals surface area contributed by atoms with E-state index >= 15 is 0 Å². The molecule has 1 unspecified atom stereocenters. The van der Waals surface area contributed by atoms with E-state index in [9.17, 15) is 4.79 Å². The van der Waals surface area contributed by atoms with Crippen LogP contribution in [0.5, 0.6) is 0 Å². The molecule has 1 aliphatic rings. The maximum Gasteiger partial charge on any atom is 0.339 e. The predicted octanol–water partition coefficient (Wildman–Crippen LogP) is 2.93. The number of likely N-dealkylation sites (tertiary alicyclic amines) is 1. The van der Waals surface area contributed by atoms with Crippen molar-refractivity contribution in [1.29, 1.82) is 0 Å². The van der Waals surface area contributed by atoms with Crippen molar-refractivity contribution in [3.05, 3.63) is 33.4 Å². The van der Waals surface area contributed by atoms with Crippen molar-refractivity contribution in [2.75, 3.05) is 19.6 Å². The maximum absolute atomic E-state index is 12.0. The lowest BCUT2D eigenvalue weighted by atomic mass is 10.2. The van der Waals surface area contributed by atoms with Crippen LogP contribution in [-0.4, -0.2) is 36.6 Å². The molecule has 1 atom stereocenters. The summed E-state index contributed by atoms with van der Waals surface area (Å²) in [4.78, 5) is 14.4. The molecule has 3 nitrogen and oxygen atoms in total. The molecule has 4 heteroatoms. The Morgan fingerprint density at radius 3 is 2.72 bits per heavy atom. The van der Waals surface area contributed by atoms with Gasteiger partial charge in [-0.25, -0.2) is 4.79 Å². The van der Waals surface area contributed by atoms with E-state index in [0.717, 1.165) is 23.2 Å². The Labute approximate surface area is 122 Å². The van der Waals surface area contributed by atoms with Crippen LogP contribution < -0.4 is 0 Å². The standard InChI is InChI=1S/C14H18INO2/c1-11(10-16-8-4-5-9-16)18-14(17)12-6-2-3-7-13(12)15/h2-3,6-7,11H,4-5,8-10H2,1H3. The summed E-state index contributed by atoms with van der Waals surface area (Å²) >= 11 is 2.16. The van der Waals surface area contributed by atoms with Crippen molar-refractivity contribution >= 4 is 28.6 Å². The van der Waals surface area contributed by atoms with E-state index in [1.807, 2.05) is 31.2 Å². The first-order valence-corrected chi connectivity index (χ1v) is 7.42. The zero-order valence-corrected chi connectivity index (χ0v) is 12.7. The smallest absolute Gasteiger partial charge is 0.339 e. The number of ether oxygens (including phenoxy) is 1. The molecule has 0 aromatic heterocycles. The minimum atomic E-state index is -0.216. The topological polar surface area (TPSA) is 29.5 Å². The Morgan fingerprint density at radius 2 is 2.06 bits per heavy atom. The van der Waals surface area contributed by atoms with Crippen LogP contribution in [0.1, 0.15) is 30.1 Å². The highest BCUT2D eigenvalue weighted by atomic mass is 127. The van der Waals surface area contributed by atoms with Crippen LogP contribution in [0.15, 0.2) is 24.3 Å². The molecule has 2 rings (SSSR count). The quantitative estimate of drug-likeness (QED) is 0.612. The highest BCUT2D eigenvalue weighted by molar-refractivity contribution is 14.1. The molecule has 18 heavy (non-hydrogen) atoms. The second-order valence-electron chi connectivity index (χ2n) is 4.70. The number of nitrogens with zero attached hydrogens (tertiary/aromatic N) is 1. The number of hydrogen-bond acceptors (Lipinski definition) is 3. The monoisotopic (exact) mass is 359 g/mol. The van der Waals surface area contributed by atoms with Crippen LogP contribution >= 0.6 is 22.6 Å². The van der Waals surface area contributed by atoms with Gasteiger partial charge in [0.25, 0.3) is 0 Å². The SMILES string of the molecule is CC(CN1CCCC1)OC(=O)c1ccccc1I. The summed E-state index contributed by atoms with van der Waals surface area (Å²) in [5.41, 5.74) is 0.659. The number of esters is 1. The zero-order chi connectivity index (χ0) is 13.0. The van der Waals surface area contributed by atoms with Crippen LogP contribution in [0, 0.1) is 3.57 Å². The molecule has 0 N–H and O–H groups in total. The van der Waals surface area contributed by atoms with Crippen LogP contribution in [0.3, 0.4) is 0 Å². The Balaban J connectivity index is 1.88. The van der Waals surface area contributed by atoms with Gasteiger partial charge in [-0.05, 0) is 67.6 Å². The summed E-state index contributed by atoms with van der Waals surface area (Å²) in [6, 6.07) is 7.52. The van der Waals surface area contributed by atoms with E-state index < -0.39 is 0 Å². The molecule has 0 aliphatic carbocycles. The van der Waals surface area contributed by atoms with Gasteiger partial charge in [0.15, 0.2) is 0 Å². The van der Waals surface area contributed by atoms with Crippen LogP contribution in [0.2, 0.25) is 0 Å².